The molecule has 0 aliphatic heterocycles. The summed E-state index contributed by atoms with van der Waals surface area (Å²) >= 11 is 6.11. The van der Waals surface area contributed by atoms with E-state index in [1.165, 1.54) is 18.2 Å². The molecule has 0 radical (unpaired) electrons. The summed E-state index contributed by atoms with van der Waals surface area (Å²) < 4.78 is 18.9. The molecule has 31 heavy (non-hydrogen) atoms. The van der Waals surface area contributed by atoms with Gasteiger partial charge in [-0.15, -0.1) is 0 Å². The number of carbonyl (C=O) groups is 1. The molecule has 0 spiro atoms. The van der Waals surface area contributed by atoms with Gasteiger partial charge in [0.15, 0.2) is 0 Å². The maximum absolute atomic E-state index is 13.1. The Labute approximate surface area is 185 Å². The molecule has 0 aliphatic carbocycles. The zero-order valence-corrected chi connectivity index (χ0v) is 17.8. The molecule has 6 heteroatoms. The molecule has 0 fully saturated rings. The summed E-state index contributed by atoms with van der Waals surface area (Å²) in [7, 11) is 0. The van der Waals surface area contributed by atoms with E-state index in [0.717, 1.165) is 16.7 Å². The number of rotatable bonds is 6. The number of ether oxygens (including phenoxy) is 1. The predicted octanol–water partition coefficient (Wildman–Crippen LogP) is 6.22. The molecule has 0 heterocycles. The Balaban J connectivity index is 1.83. The van der Waals surface area contributed by atoms with E-state index in [1.807, 2.05) is 32.0 Å². The molecule has 0 unspecified atom stereocenters. The highest BCUT2D eigenvalue weighted by atomic mass is 35.5. The Hall–Kier alpha value is -3.62. The number of carbonyl (C=O) groups excluding carboxylic acids is 1. The van der Waals surface area contributed by atoms with Crippen molar-refractivity contribution >= 4 is 29.3 Å². The van der Waals surface area contributed by atoms with Crippen molar-refractivity contribution in [2.45, 2.75) is 20.5 Å². The van der Waals surface area contributed by atoms with Crippen LogP contribution < -0.4 is 10.1 Å². The molecule has 1 amide bonds. The Kier molecular flexibility index (Phi) is 7.07. The first-order valence-electron chi connectivity index (χ1n) is 9.53. The van der Waals surface area contributed by atoms with Crippen molar-refractivity contribution in [1.29, 1.82) is 5.26 Å². The Morgan fingerprint density at radius 2 is 1.87 bits per heavy atom. The van der Waals surface area contributed by atoms with Gasteiger partial charge in [-0.25, -0.2) is 4.39 Å². The number of amides is 1. The van der Waals surface area contributed by atoms with Crippen LogP contribution in [-0.4, -0.2) is 5.91 Å². The minimum absolute atomic E-state index is 0.0890. The van der Waals surface area contributed by atoms with Crippen molar-refractivity contribution in [2.75, 3.05) is 5.32 Å². The zero-order chi connectivity index (χ0) is 22.4. The van der Waals surface area contributed by atoms with Gasteiger partial charge in [0.05, 0.1) is 0 Å². The third kappa shape index (κ3) is 5.94. The summed E-state index contributed by atoms with van der Waals surface area (Å²) in [4.78, 5) is 12.7. The molecule has 0 bridgehead atoms. The molecular formula is C25H20ClFN2O2. The third-order valence-electron chi connectivity index (χ3n) is 4.57. The van der Waals surface area contributed by atoms with Gasteiger partial charge in [0, 0.05) is 16.3 Å². The molecule has 4 nitrogen and oxygen atoms in total. The molecule has 0 saturated heterocycles. The Morgan fingerprint density at radius 1 is 1.13 bits per heavy atom. The number of hydrogen-bond acceptors (Lipinski definition) is 3. The first-order valence-corrected chi connectivity index (χ1v) is 9.90. The summed E-state index contributed by atoms with van der Waals surface area (Å²) in [6.45, 7) is 4.04. The van der Waals surface area contributed by atoms with Crippen LogP contribution in [0.3, 0.4) is 0 Å². The quantitative estimate of drug-likeness (QED) is 0.370. The molecule has 0 saturated carbocycles. The minimum atomic E-state index is -0.529. The van der Waals surface area contributed by atoms with Gasteiger partial charge in [-0.05, 0) is 67.4 Å². The number of benzene rings is 3. The number of halogens is 2. The zero-order valence-electron chi connectivity index (χ0n) is 17.1. The second-order valence-electron chi connectivity index (χ2n) is 7.04. The fourth-order valence-corrected chi connectivity index (χ4v) is 3.13. The van der Waals surface area contributed by atoms with E-state index in [2.05, 4.69) is 5.32 Å². The van der Waals surface area contributed by atoms with E-state index in [1.54, 1.807) is 36.4 Å². The lowest BCUT2D eigenvalue weighted by atomic mass is 10.1. The highest BCUT2D eigenvalue weighted by molar-refractivity contribution is 6.30. The smallest absolute Gasteiger partial charge is 0.266 e. The normalized spacial score (nSPS) is 11.0. The van der Waals surface area contributed by atoms with E-state index in [-0.39, 0.29) is 18.0 Å². The molecule has 3 aromatic rings. The number of hydrogen-bond donors (Lipinski definition) is 1. The average Bonchev–Trinajstić information content (AvgIpc) is 2.74. The fourth-order valence-electron chi connectivity index (χ4n) is 2.95. The van der Waals surface area contributed by atoms with Gasteiger partial charge < -0.3 is 10.1 Å². The highest BCUT2D eigenvalue weighted by Crippen LogP contribution is 2.27. The van der Waals surface area contributed by atoms with Gasteiger partial charge in [0.1, 0.15) is 29.8 Å². The molecule has 156 valence electrons. The van der Waals surface area contributed by atoms with Crippen LogP contribution in [0.25, 0.3) is 6.08 Å². The molecular weight excluding hydrogens is 415 g/mol. The van der Waals surface area contributed by atoms with Crippen LogP contribution in [0.1, 0.15) is 22.3 Å². The van der Waals surface area contributed by atoms with Crippen LogP contribution in [-0.2, 0) is 11.4 Å². The second kappa shape index (κ2) is 9.92. The van der Waals surface area contributed by atoms with Gasteiger partial charge in [0.2, 0.25) is 0 Å². The van der Waals surface area contributed by atoms with E-state index in [4.69, 9.17) is 16.3 Å². The largest absolute Gasteiger partial charge is 0.488 e. The lowest BCUT2D eigenvalue weighted by Gasteiger charge is -2.11. The molecule has 3 rings (SSSR count). The van der Waals surface area contributed by atoms with Crippen molar-refractivity contribution in [3.05, 3.63) is 99.3 Å². The van der Waals surface area contributed by atoms with Crippen molar-refractivity contribution in [3.8, 4) is 11.8 Å². The maximum Gasteiger partial charge on any atom is 0.266 e. The first-order chi connectivity index (χ1) is 14.9. The van der Waals surface area contributed by atoms with E-state index >= 15 is 0 Å². The average molecular weight is 435 g/mol. The van der Waals surface area contributed by atoms with Gasteiger partial charge in [0.25, 0.3) is 5.91 Å². The maximum atomic E-state index is 13.1. The van der Waals surface area contributed by atoms with Crippen molar-refractivity contribution in [1.82, 2.24) is 0 Å². The molecule has 0 atom stereocenters. The summed E-state index contributed by atoms with van der Waals surface area (Å²) in [6.07, 6.45) is 1.44. The van der Waals surface area contributed by atoms with Crippen molar-refractivity contribution in [3.63, 3.8) is 0 Å². The number of aryl methyl sites for hydroxylation is 2. The van der Waals surface area contributed by atoms with Gasteiger partial charge in [-0.1, -0.05) is 41.4 Å². The monoisotopic (exact) mass is 434 g/mol. The van der Waals surface area contributed by atoms with E-state index in [0.29, 0.717) is 22.0 Å². The number of anilines is 1. The lowest BCUT2D eigenvalue weighted by molar-refractivity contribution is -0.112. The predicted molar refractivity (Wildman–Crippen MR) is 120 cm³/mol. The first kappa shape index (κ1) is 22.1. The Morgan fingerprint density at radius 3 is 2.55 bits per heavy atom. The summed E-state index contributed by atoms with van der Waals surface area (Å²) in [6, 6.07) is 18.5. The second-order valence-corrected chi connectivity index (χ2v) is 7.48. The van der Waals surface area contributed by atoms with E-state index < -0.39 is 5.91 Å². The van der Waals surface area contributed by atoms with Crippen LogP contribution in [0.2, 0.25) is 5.02 Å². The minimum Gasteiger partial charge on any atom is -0.488 e. The topological polar surface area (TPSA) is 62.1 Å². The van der Waals surface area contributed by atoms with Gasteiger partial charge in [-0.2, -0.15) is 5.26 Å². The van der Waals surface area contributed by atoms with Gasteiger partial charge >= 0.3 is 0 Å². The van der Waals surface area contributed by atoms with Crippen LogP contribution in [0, 0.1) is 31.0 Å². The standard InChI is InChI=1S/C25H20ClFN2O2/c1-16-3-9-23(17(2)11-16)29-25(30)20(14-28)12-19-13-21(26)6-10-24(19)31-15-18-4-7-22(27)8-5-18/h3-13H,15H2,1-2H3,(H,29,30)/b20-12+. The number of nitriles is 1. The molecule has 0 aliphatic rings. The van der Waals surface area contributed by atoms with E-state index in [9.17, 15) is 14.4 Å². The van der Waals surface area contributed by atoms with Crippen molar-refractivity contribution < 1.29 is 13.9 Å². The van der Waals surface area contributed by atoms with Crippen LogP contribution in [0.5, 0.6) is 5.75 Å². The molecule has 1 N–H and O–H groups in total. The van der Waals surface area contributed by atoms with Crippen molar-refractivity contribution in [2.24, 2.45) is 0 Å². The van der Waals surface area contributed by atoms with Crippen LogP contribution in [0.15, 0.2) is 66.2 Å². The van der Waals surface area contributed by atoms with Crippen LogP contribution >= 0.6 is 11.6 Å². The number of nitrogens with zero attached hydrogens (tertiary/aromatic N) is 1. The Bertz CT molecular complexity index is 1180. The lowest BCUT2D eigenvalue weighted by Crippen LogP contribution is -2.14. The SMILES string of the molecule is Cc1ccc(NC(=O)/C(C#N)=C/c2cc(Cl)ccc2OCc2ccc(F)cc2)c(C)c1. The summed E-state index contributed by atoms with van der Waals surface area (Å²) in [5.74, 6) is -0.410. The van der Waals surface area contributed by atoms with Gasteiger partial charge in [-0.3, -0.25) is 4.79 Å². The fraction of sp³-hybridized carbons (Fsp3) is 0.120. The summed E-state index contributed by atoms with van der Waals surface area (Å²) in [5, 5.41) is 12.8. The van der Waals surface area contributed by atoms with Crippen LogP contribution in [0.4, 0.5) is 10.1 Å². The summed E-state index contributed by atoms with van der Waals surface area (Å²) in [5.41, 5.74) is 3.79. The highest BCUT2D eigenvalue weighted by Gasteiger charge is 2.13. The number of nitrogens with one attached hydrogen (secondary N) is 1. The molecule has 0 aromatic heterocycles. The third-order valence-corrected chi connectivity index (χ3v) is 4.81. The molecule has 3 aromatic carbocycles.